The second kappa shape index (κ2) is 4.94. The molecule has 0 spiro atoms. The van der Waals surface area contributed by atoms with Gasteiger partial charge in [-0.3, -0.25) is 0 Å². The van der Waals surface area contributed by atoms with Crippen LogP contribution < -0.4 is 0 Å². The average Bonchev–Trinajstić information content (AvgIpc) is 1.69. The molecule has 0 unspecified atom stereocenters. The zero-order chi connectivity index (χ0) is 5.54. The van der Waals surface area contributed by atoms with Crippen molar-refractivity contribution in [3.63, 3.8) is 0 Å². The Balaban J connectivity index is 3.27. The normalized spacial score (nSPS) is 11.0. The van der Waals surface area contributed by atoms with E-state index in [1.807, 2.05) is 0 Å². The second-order valence-corrected chi connectivity index (χ2v) is 0.734. The van der Waals surface area contributed by atoms with Crippen molar-refractivity contribution in [3.8, 4) is 0 Å². The van der Waals surface area contributed by atoms with Gasteiger partial charge in [-0.1, -0.05) is 0 Å². The molecule has 0 aliphatic carbocycles. The summed E-state index contributed by atoms with van der Waals surface area (Å²) < 4.78 is 0. The molecule has 0 aliphatic rings. The molecule has 0 aromatic heterocycles. The molecule has 0 atom stereocenters. The van der Waals surface area contributed by atoms with Crippen molar-refractivity contribution in [2.45, 2.75) is 6.92 Å². The summed E-state index contributed by atoms with van der Waals surface area (Å²) in [6.45, 7) is 1.74. The molecule has 38 valence electrons. The number of nitrogens with one attached hydrogen (secondary N) is 1. The lowest BCUT2D eigenvalue weighted by atomic mass is 10.9. The van der Waals surface area contributed by atoms with Crippen molar-refractivity contribution in [3.05, 3.63) is 0 Å². The standard InChI is InChI=1S/C3H6N4/c1-2-6-7-3-5-4/h2-4H,1H3. The Morgan fingerprint density at radius 1 is 1.43 bits per heavy atom. The molecule has 0 heterocycles. The van der Waals surface area contributed by atoms with E-state index in [9.17, 15) is 0 Å². The molecule has 0 fully saturated rings. The molecule has 0 bridgehead atoms. The van der Waals surface area contributed by atoms with Crippen LogP contribution in [0.2, 0.25) is 0 Å². The lowest BCUT2D eigenvalue weighted by molar-refractivity contribution is 1.17. The van der Waals surface area contributed by atoms with Crippen molar-refractivity contribution in [2.75, 3.05) is 0 Å². The molecule has 0 aromatic rings. The van der Waals surface area contributed by atoms with Crippen molar-refractivity contribution in [2.24, 2.45) is 15.3 Å². The van der Waals surface area contributed by atoms with E-state index in [4.69, 9.17) is 5.53 Å². The number of nitrogens with zero attached hydrogens (tertiary/aromatic N) is 3. The summed E-state index contributed by atoms with van der Waals surface area (Å²) in [5, 5.41) is 9.51. The molecule has 0 rings (SSSR count). The van der Waals surface area contributed by atoms with E-state index in [2.05, 4.69) is 15.3 Å². The van der Waals surface area contributed by atoms with Crippen LogP contribution in [0.25, 0.3) is 0 Å². The van der Waals surface area contributed by atoms with Crippen LogP contribution in [0.3, 0.4) is 0 Å². The van der Waals surface area contributed by atoms with Crippen LogP contribution in [-0.2, 0) is 0 Å². The van der Waals surface area contributed by atoms with Gasteiger partial charge in [0.15, 0.2) is 6.34 Å². The van der Waals surface area contributed by atoms with Gasteiger partial charge in [-0.25, -0.2) is 5.53 Å². The van der Waals surface area contributed by atoms with Gasteiger partial charge in [-0.15, -0.1) is 10.2 Å². The summed E-state index contributed by atoms with van der Waals surface area (Å²) in [6.07, 6.45) is 2.57. The minimum absolute atomic E-state index is 1.06. The van der Waals surface area contributed by atoms with Gasteiger partial charge in [0.2, 0.25) is 0 Å². The molecule has 0 aromatic carbocycles. The van der Waals surface area contributed by atoms with Crippen LogP contribution >= 0.6 is 0 Å². The minimum Gasteiger partial charge on any atom is -0.203 e. The first-order valence-electron chi connectivity index (χ1n) is 1.78. The van der Waals surface area contributed by atoms with E-state index in [0.717, 1.165) is 6.34 Å². The predicted molar refractivity (Wildman–Crippen MR) is 27.8 cm³/mol. The van der Waals surface area contributed by atoms with E-state index in [1.54, 1.807) is 6.92 Å². The maximum absolute atomic E-state index is 6.18. The summed E-state index contributed by atoms with van der Waals surface area (Å²) in [4.78, 5) is 0. The first-order chi connectivity index (χ1) is 3.41. The Hall–Kier alpha value is -1.06. The van der Waals surface area contributed by atoms with E-state index in [0.29, 0.717) is 0 Å². The quantitative estimate of drug-likeness (QED) is 0.232. The average molecular weight is 98.1 g/mol. The van der Waals surface area contributed by atoms with Crippen LogP contribution in [0, 0.1) is 5.53 Å². The molecule has 0 radical (unpaired) electrons. The van der Waals surface area contributed by atoms with Crippen LogP contribution in [-0.4, -0.2) is 12.6 Å². The van der Waals surface area contributed by atoms with E-state index >= 15 is 0 Å². The van der Waals surface area contributed by atoms with Gasteiger partial charge in [0, 0.05) is 6.21 Å². The summed E-state index contributed by atoms with van der Waals surface area (Å²) in [5.41, 5.74) is 6.18. The minimum atomic E-state index is 1.06. The van der Waals surface area contributed by atoms with Gasteiger partial charge in [-0.05, 0) is 6.92 Å². The second-order valence-electron chi connectivity index (χ2n) is 0.734. The topological polar surface area (TPSA) is 60.9 Å². The molecule has 4 heteroatoms. The molecule has 7 heavy (non-hydrogen) atoms. The van der Waals surface area contributed by atoms with Crippen molar-refractivity contribution in [1.82, 2.24) is 0 Å². The Morgan fingerprint density at radius 2 is 2.14 bits per heavy atom. The van der Waals surface area contributed by atoms with Gasteiger partial charge in [0.05, 0.1) is 0 Å². The van der Waals surface area contributed by atoms with Gasteiger partial charge in [-0.2, -0.15) is 5.10 Å². The number of hydrogen-bond donors (Lipinski definition) is 1. The van der Waals surface area contributed by atoms with Gasteiger partial charge < -0.3 is 0 Å². The fourth-order valence-corrected chi connectivity index (χ4v) is 0.122. The van der Waals surface area contributed by atoms with Gasteiger partial charge in [0.25, 0.3) is 0 Å². The highest BCUT2D eigenvalue weighted by Gasteiger charge is 1.53. The summed E-state index contributed by atoms with van der Waals surface area (Å²) in [7, 11) is 0. The summed E-state index contributed by atoms with van der Waals surface area (Å²) in [5.74, 6) is 0. The number of rotatable bonds is 2. The molecule has 0 aliphatic heterocycles. The fourth-order valence-electron chi connectivity index (χ4n) is 0.122. The Bertz CT molecular complexity index is 93.1. The van der Waals surface area contributed by atoms with Gasteiger partial charge >= 0.3 is 0 Å². The lowest BCUT2D eigenvalue weighted by Crippen LogP contribution is -1.58. The molecule has 0 saturated heterocycles. The predicted octanol–water partition coefficient (Wildman–Crippen LogP) is 1.05. The van der Waals surface area contributed by atoms with Crippen LogP contribution in [0.5, 0.6) is 0 Å². The number of hydrogen-bond acceptors (Lipinski definition) is 3. The third-order valence-corrected chi connectivity index (χ3v) is 0.292. The van der Waals surface area contributed by atoms with Crippen molar-refractivity contribution in [1.29, 1.82) is 5.53 Å². The van der Waals surface area contributed by atoms with Crippen molar-refractivity contribution < 1.29 is 0 Å². The Labute approximate surface area is 41.5 Å². The van der Waals surface area contributed by atoms with Crippen LogP contribution in [0.1, 0.15) is 6.92 Å². The first kappa shape index (κ1) is 5.94. The molecular formula is C3H6N4. The highest BCUT2D eigenvalue weighted by Crippen LogP contribution is 1.63. The Kier molecular flexibility index (Phi) is 4.19. The largest absolute Gasteiger partial charge is 0.203 e. The maximum Gasteiger partial charge on any atom is 0.159 e. The molecule has 4 nitrogen and oxygen atoms in total. The lowest BCUT2D eigenvalue weighted by Gasteiger charge is -1.65. The van der Waals surface area contributed by atoms with Crippen LogP contribution in [0.4, 0.5) is 0 Å². The van der Waals surface area contributed by atoms with E-state index in [-0.39, 0.29) is 0 Å². The SMILES string of the molecule is CC=NN=CN=N. The zero-order valence-electron chi connectivity index (χ0n) is 4.00. The fraction of sp³-hybridized carbons (Fsp3) is 0.333. The molecule has 0 saturated carbocycles. The van der Waals surface area contributed by atoms with Crippen molar-refractivity contribution >= 4 is 12.6 Å². The summed E-state index contributed by atoms with van der Waals surface area (Å²) in [6, 6.07) is 0. The molecule has 0 amide bonds. The monoisotopic (exact) mass is 98.1 g/mol. The van der Waals surface area contributed by atoms with E-state index in [1.165, 1.54) is 6.21 Å². The highest BCUT2D eigenvalue weighted by molar-refractivity contribution is 5.57. The summed E-state index contributed by atoms with van der Waals surface area (Å²) >= 11 is 0. The molecular weight excluding hydrogens is 92.1 g/mol. The third-order valence-electron chi connectivity index (χ3n) is 0.292. The van der Waals surface area contributed by atoms with Gasteiger partial charge in [0.1, 0.15) is 0 Å². The molecule has 1 N–H and O–H groups in total. The van der Waals surface area contributed by atoms with E-state index < -0.39 is 0 Å². The maximum atomic E-state index is 6.18. The highest BCUT2D eigenvalue weighted by atomic mass is 15.2. The third kappa shape index (κ3) is 4.94. The Morgan fingerprint density at radius 3 is 2.57 bits per heavy atom. The smallest absolute Gasteiger partial charge is 0.159 e. The zero-order valence-corrected chi connectivity index (χ0v) is 4.00. The first-order valence-corrected chi connectivity index (χ1v) is 1.78. The van der Waals surface area contributed by atoms with Crippen LogP contribution in [0.15, 0.2) is 15.3 Å².